The predicted octanol–water partition coefficient (Wildman–Crippen LogP) is 2.88. The number of carbonyl (C=O) groups is 2. The average Bonchev–Trinajstić information content (AvgIpc) is 3.07. The van der Waals surface area contributed by atoms with Gasteiger partial charge in [-0.1, -0.05) is 36.4 Å². The van der Waals surface area contributed by atoms with Crippen molar-refractivity contribution in [2.75, 3.05) is 31.6 Å². The number of aromatic nitrogens is 2. The second kappa shape index (κ2) is 9.44. The molecule has 2 heterocycles. The van der Waals surface area contributed by atoms with E-state index in [0.29, 0.717) is 25.5 Å². The summed E-state index contributed by atoms with van der Waals surface area (Å²) >= 11 is 0. The summed E-state index contributed by atoms with van der Waals surface area (Å²) in [5.41, 5.74) is 1.98. The van der Waals surface area contributed by atoms with E-state index >= 15 is 0 Å². The van der Waals surface area contributed by atoms with E-state index in [1.165, 1.54) is 10.9 Å². The van der Waals surface area contributed by atoms with Gasteiger partial charge in [-0.3, -0.25) is 9.69 Å². The number of nitrogens with zero attached hydrogens (tertiary/aromatic N) is 3. The first-order valence-corrected chi connectivity index (χ1v) is 10.2. The van der Waals surface area contributed by atoms with Gasteiger partial charge >= 0.3 is 5.97 Å². The number of amides is 1. The largest absolute Gasteiger partial charge is 0.492 e. The molecule has 1 aliphatic rings. The van der Waals surface area contributed by atoms with Gasteiger partial charge in [-0.05, 0) is 25.1 Å². The number of benzene rings is 2. The van der Waals surface area contributed by atoms with Gasteiger partial charge in [-0.15, -0.1) is 0 Å². The molecule has 0 saturated heterocycles. The third kappa shape index (κ3) is 4.75. The summed E-state index contributed by atoms with van der Waals surface area (Å²) in [7, 11) is 0. The minimum absolute atomic E-state index is 0.153. The van der Waals surface area contributed by atoms with Gasteiger partial charge in [-0.25, -0.2) is 9.48 Å². The number of anilines is 1. The minimum Gasteiger partial charge on any atom is -0.492 e. The zero-order valence-corrected chi connectivity index (χ0v) is 17.3. The van der Waals surface area contributed by atoms with Crippen molar-refractivity contribution in [2.24, 2.45) is 0 Å². The quantitative estimate of drug-likeness (QED) is 0.617. The van der Waals surface area contributed by atoms with Crippen LogP contribution in [0.15, 0.2) is 60.8 Å². The molecule has 3 aromatic rings. The summed E-state index contributed by atoms with van der Waals surface area (Å²) in [6.45, 7) is 3.84. The summed E-state index contributed by atoms with van der Waals surface area (Å²) < 4.78 is 12.4. The van der Waals surface area contributed by atoms with Gasteiger partial charge in [0.25, 0.3) is 0 Å². The molecule has 0 aliphatic carbocycles. The van der Waals surface area contributed by atoms with Gasteiger partial charge in [0.2, 0.25) is 5.91 Å². The molecule has 1 aliphatic heterocycles. The van der Waals surface area contributed by atoms with Crippen molar-refractivity contribution in [1.82, 2.24) is 14.7 Å². The number of carbonyl (C=O) groups excluding carboxylic acids is 2. The maximum atomic E-state index is 12.9. The van der Waals surface area contributed by atoms with E-state index in [9.17, 15) is 9.59 Å². The Bertz CT molecular complexity index is 1060. The Kier molecular flexibility index (Phi) is 6.28. The number of ether oxygens (including phenoxy) is 2. The molecule has 0 bridgehead atoms. The summed E-state index contributed by atoms with van der Waals surface area (Å²) in [4.78, 5) is 27.4. The smallest absolute Gasteiger partial charge is 0.343 e. The van der Waals surface area contributed by atoms with Crippen molar-refractivity contribution in [3.63, 3.8) is 0 Å². The molecular formula is C23H24N4O4. The van der Waals surface area contributed by atoms with Crippen molar-refractivity contribution >= 4 is 17.7 Å². The lowest BCUT2D eigenvalue weighted by Gasteiger charge is -2.19. The maximum absolute atomic E-state index is 12.9. The molecule has 0 fully saturated rings. The van der Waals surface area contributed by atoms with E-state index < -0.39 is 5.97 Å². The van der Waals surface area contributed by atoms with E-state index in [1.807, 2.05) is 59.5 Å². The molecule has 0 radical (unpaired) electrons. The lowest BCUT2D eigenvalue weighted by Crippen LogP contribution is -2.35. The van der Waals surface area contributed by atoms with Gasteiger partial charge in [-0.2, -0.15) is 5.10 Å². The Morgan fingerprint density at radius 3 is 2.71 bits per heavy atom. The van der Waals surface area contributed by atoms with Crippen LogP contribution in [0.2, 0.25) is 0 Å². The number of hydrogen-bond acceptors (Lipinski definition) is 6. The van der Waals surface area contributed by atoms with Crippen LogP contribution in [0.1, 0.15) is 22.8 Å². The fourth-order valence-electron chi connectivity index (χ4n) is 3.48. The summed E-state index contributed by atoms with van der Waals surface area (Å²) in [6.07, 6.45) is 1.41. The standard InChI is InChI=1S/C23H24N4O4/c1-2-30-23(29)19-14-24-27(18-9-4-3-5-10-18)22(19)25-21(28)16-26-12-13-31-20-11-7-6-8-17(20)15-26/h3-11,14H,2,12-13,15-16H2,1H3,(H,25,28). The molecule has 2 aromatic carbocycles. The van der Waals surface area contributed by atoms with Gasteiger partial charge in [0.1, 0.15) is 17.9 Å². The van der Waals surface area contributed by atoms with Crippen LogP contribution in [-0.4, -0.2) is 52.9 Å². The van der Waals surface area contributed by atoms with Gasteiger partial charge in [0.05, 0.1) is 25.0 Å². The highest BCUT2D eigenvalue weighted by atomic mass is 16.5. The molecule has 0 unspecified atom stereocenters. The van der Waals surface area contributed by atoms with E-state index in [0.717, 1.165) is 17.0 Å². The number of nitrogens with one attached hydrogen (secondary N) is 1. The van der Waals surface area contributed by atoms with Crippen LogP contribution < -0.4 is 10.1 Å². The van der Waals surface area contributed by atoms with E-state index in [1.54, 1.807) is 6.92 Å². The Labute approximate surface area is 180 Å². The van der Waals surface area contributed by atoms with Crippen LogP contribution in [0.5, 0.6) is 5.75 Å². The van der Waals surface area contributed by atoms with E-state index in [2.05, 4.69) is 10.4 Å². The molecule has 0 spiro atoms. The fourth-order valence-corrected chi connectivity index (χ4v) is 3.48. The molecule has 0 saturated carbocycles. The van der Waals surface area contributed by atoms with Crippen molar-refractivity contribution < 1.29 is 19.1 Å². The third-order valence-electron chi connectivity index (χ3n) is 4.92. The predicted molar refractivity (Wildman–Crippen MR) is 115 cm³/mol. The van der Waals surface area contributed by atoms with Crippen LogP contribution in [0.25, 0.3) is 5.69 Å². The Morgan fingerprint density at radius 2 is 1.90 bits per heavy atom. The third-order valence-corrected chi connectivity index (χ3v) is 4.92. The van der Waals surface area contributed by atoms with Crippen molar-refractivity contribution in [3.8, 4) is 11.4 Å². The summed E-state index contributed by atoms with van der Waals surface area (Å²) in [5.74, 6) is 0.359. The van der Waals surface area contributed by atoms with Crippen molar-refractivity contribution in [2.45, 2.75) is 13.5 Å². The number of rotatable bonds is 6. The van der Waals surface area contributed by atoms with Gasteiger partial charge in [0, 0.05) is 18.7 Å². The molecule has 1 amide bonds. The number of para-hydroxylation sites is 2. The average molecular weight is 420 g/mol. The maximum Gasteiger partial charge on any atom is 0.343 e. The molecule has 1 N–H and O–H groups in total. The zero-order chi connectivity index (χ0) is 21.6. The minimum atomic E-state index is -0.530. The molecule has 0 atom stereocenters. The van der Waals surface area contributed by atoms with Gasteiger partial charge in [0.15, 0.2) is 5.82 Å². The Morgan fingerprint density at radius 1 is 1.13 bits per heavy atom. The first-order valence-electron chi connectivity index (χ1n) is 10.2. The number of fused-ring (bicyclic) bond motifs is 1. The highest BCUT2D eigenvalue weighted by Gasteiger charge is 2.23. The normalized spacial score (nSPS) is 13.6. The van der Waals surface area contributed by atoms with E-state index in [4.69, 9.17) is 9.47 Å². The first kappa shape index (κ1) is 20.6. The molecule has 8 heteroatoms. The highest BCUT2D eigenvalue weighted by Crippen LogP contribution is 2.23. The van der Waals surface area contributed by atoms with Crippen molar-refractivity contribution in [1.29, 1.82) is 0 Å². The second-order valence-electron chi connectivity index (χ2n) is 7.09. The Hall–Kier alpha value is -3.65. The van der Waals surface area contributed by atoms with Crippen molar-refractivity contribution in [3.05, 3.63) is 71.9 Å². The molecule has 31 heavy (non-hydrogen) atoms. The molecule has 4 rings (SSSR count). The lowest BCUT2D eigenvalue weighted by atomic mass is 10.2. The van der Waals surface area contributed by atoms with Crippen LogP contribution in [0.3, 0.4) is 0 Å². The topological polar surface area (TPSA) is 85.7 Å². The molecular weight excluding hydrogens is 396 g/mol. The van der Waals surface area contributed by atoms with Crippen LogP contribution in [0, 0.1) is 0 Å². The van der Waals surface area contributed by atoms with Gasteiger partial charge < -0.3 is 14.8 Å². The van der Waals surface area contributed by atoms with E-state index in [-0.39, 0.29) is 24.6 Å². The SMILES string of the molecule is CCOC(=O)c1cnn(-c2ccccc2)c1NC(=O)CN1CCOc2ccccc2C1. The van der Waals surface area contributed by atoms with Crippen LogP contribution in [-0.2, 0) is 16.1 Å². The highest BCUT2D eigenvalue weighted by molar-refractivity contribution is 6.01. The second-order valence-corrected chi connectivity index (χ2v) is 7.09. The lowest BCUT2D eigenvalue weighted by molar-refractivity contribution is -0.117. The molecule has 8 nitrogen and oxygen atoms in total. The summed E-state index contributed by atoms with van der Waals surface area (Å²) in [5, 5.41) is 7.17. The zero-order valence-electron chi connectivity index (χ0n) is 17.3. The fraction of sp³-hybridized carbons (Fsp3) is 0.261. The first-order chi connectivity index (χ1) is 15.2. The number of hydrogen-bond donors (Lipinski definition) is 1. The van der Waals surface area contributed by atoms with Crippen LogP contribution >= 0.6 is 0 Å². The summed E-state index contributed by atoms with van der Waals surface area (Å²) in [6, 6.07) is 17.1. The number of esters is 1. The molecule has 1 aromatic heterocycles. The molecule has 160 valence electrons. The monoisotopic (exact) mass is 420 g/mol. The Balaban J connectivity index is 1.54. The van der Waals surface area contributed by atoms with Crippen LogP contribution in [0.4, 0.5) is 5.82 Å².